The average Bonchev–Trinajstić information content (AvgIpc) is 3.18. The number of morpholine rings is 1. The first kappa shape index (κ1) is 26.5. The fourth-order valence-corrected chi connectivity index (χ4v) is 4.50. The van der Waals surface area contributed by atoms with E-state index < -0.39 is 35.1 Å². The van der Waals surface area contributed by atoms with Crippen molar-refractivity contribution in [1.82, 2.24) is 19.5 Å². The van der Waals surface area contributed by atoms with E-state index in [1.807, 2.05) is 20.8 Å². The highest BCUT2D eigenvalue weighted by Crippen LogP contribution is 2.29. The van der Waals surface area contributed by atoms with Gasteiger partial charge in [-0.05, 0) is 50.0 Å². The van der Waals surface area contributed by atoms with Crippen molar-refractivity contribution in [1.29, 1.82) is 0 Å². The number of aromatic nitrogens is 1. The third-order valence-electron chi connectivity index (χ3n) is 5.42. The van der Waals surface area contributed by atoms with Crippen molar-refractivity contribution in [3.8, 4) is 0 Å². The number of nitrogens with one attached hydrogen (secondary N) is 1. The summed E-state index contributed by atoms with van der Waals surface area (Å²) in [6.07, 6.45) is 0. The Morgan fingerprint density at radius 2 is 1.86 bits per heavy atom. The lowest BCUT2D eigenvalue weighted by Gasteiger charge is -2.35. The van der Waals surface area contributed by atoms with Crippen molar-refractivity contribution in [2.45, 2.75) is 32.4 Å². The molecule has 0 spiro atoms. The maximum absolute atomic E-state index is 13.8. The maximum Gasteiger partial charge on any atom is 0.270 e. The summed E-state index contributed by atoms with van der Waals surface area (Å²) in [7, 11) is 0. The SMILES string of the molecule is CC(C)(C)NC(=O)C(c1ccc(F)cc1)N(CCN1CCOCC1)C(=O)c1snc(C(N)=O)c1N. The van der Waals surface area contributed by atoms with Crippen LogP contribution in [0.2, 0.25) is 0 Å². The first-order valence-electron chi connectivity index (χ1n) is 11.2. The number of benzene rings is 1. The first-order valence-corrected chi connectivity index (χ1v) is 12.0. The van der Waals surface area contributed by atoms with E-state index in [1.165, 1.54) is 29.2 Å². The van der Waals surface area contributed by atoms with Gasteiger partial charge in [0.15, 0.2) is 5.69 Å². The molecule has 5 N–H and O–H groups in total. The predicted molar refractivity (Wildman–Crippen MR) is 130 cm³/mol. The molecular formula is C23H31FN6O4S. The molecule has 3 rings (SSSR count). The number of nitrogens with zero attached hydrogens (tertiary/aromatic N) is 3. The van der Waals surface area contributed by atoms with Gasteiger partial charge in [0.2, 0.25) is 5.91 Å². The van der Waals surface area contributed by atoms with E-state index in [4.69, 9.17) is 16.2 Å². The van der Waals surface area contributed by atoms with Crippen molar-refractivity contribution in [2.75, 3.05) is 45.1 Å². The zero-order chi connectivity index (χ0) is 25.8. The highest BCUT2D eigenvalue weighted by atomic mass is 32.1. The van der Waals surface area contributed by atoms with E-state index in [2.05, 4.69) is 14.6 Å². The number of primary amides is 1. The van der Waals surface area contributed by atoms with Crippen LogP contribution in [0.25, 0.3) is 0 Å². The molecule has 0 radical (unpaired) electrons. The van der Waals surface area contributed by atoms with Crippen LogP contribution in [0.3, 0.4) is 0 Å². The lowest BCUT2D eigenvalue weighted by Crippen LogP contribution is -2.51. The maximum atomic E-state index is 13.8. The quantitative estimate of drug-likeness (QED) is 0.491. The molecule has 0 saturated carbocycles. The number of nitrogens with two attached hydrogens (primary N) is 2. The van der Waals surface area contributed by atoms with Gasteiger partial charge in [-0.15, -0.1) is 0 Å². The minimum absolute atomic E-state index is 0.0106. The molecule has 1 aliphatic rings. The molecule has 1 unspecified atom stereocenters. The van der Waals surface area contributed by atoms with Crippen LogP contribution in [0, 0.1) is 5.82 Å². The molecule has 0 aliphatic carbocycles. The summed E-state index contributed by atoms with van der Waals surface area (Å²) in [5.41, 5.74) is 10.9. The molecule has 1 saturated heterocycles. The Morgan fingerprint density at radius 3 is 2.40 bits per heavy atom. The second-order valence-corrected chi connectivity index (χ2v) is 10.1. The van der Waals surface area contributed by atoms with E-state index in [9.17, 15) is 18.8 Å². The summed E-state index contributed by atoms with van der Waals surface area (Å²) < 4.78 is 23.0. The molecule has 2 heterocycles. The minimum Gasteiger partial charge on any atom is -0.395 e. The van der Waals surface area contributed by atoms with Gasteiger partial charge in [0, 0.05) is 31.7 Å². The molecule has 0 bridgehead atoms. The number of amides is 3. The minimum atomic E-state index is -1.08. The Kier molecular flexibility index (Phi) is 8.41. The molecule has 1 atom stereocenters. The van der Waals surface area contributed by atoms with Crippen LogP contribution in [0.5, 0.6) is 0 Å². The fourth-order valence-electron chi connectivity index (χ4n) is 3.74. The molecule has 35 heavy (non-hydrogen) atoms. The van der Waals surface area contributed by atoms with Crippen LogP contribution in [0.1, 0.15) is 52.5 Å². The number of hydrogen-bond acceptors (Lipinski definition) is 8. The number of rotatable bonds is 8. The van der Waals surface area contributed by atoms with Crippen LogP contribution in [0.4, 0.5) is 10.1 Å². The Morgan fingerprint density at radius 1 is 1.23 bits per heavy atom. The Hall–Kier alpha value is -3.09. The topological polar surface area (TPSA) is 144 Å². The van der Waals surface area contributed by atoms with E-state index in [-0.39, 0.29) is 22.8 Å². The number of hydrogen-bond donors (Lipinski definition) is 3. The molecule has 10 nitrogen and oxygen atoms in total. The number of carbonyl (C=O) groups excluding carboxylic acids is 3. The average molecular weight is 507 g/mol. The molecule has 1 aliphatic heterocycles. The van der Waals surface area contributed by atoms with Crippen LogP contribution in [-0.4, -0.2) is 76.8 Å². The van der Waals surface area contributed by atoms with Crippen molar-refractivity contribution < 1.29 is 23.5 Å². The van der Waals surface area contributed by atoms with Gasteiger partial charge >= 0.3 is 0 Å². The van der Waals surface area contributed by atoms with Crippen LogP contribution in [-0.2, 0) is 9.53 Å². The molecule has 3 amide bonds. The van der Waals surface area contributed by atoms with Gasteiger partial charge in [0.05, 0.1) is 18.9 Å². The Labute approximate surface area is 207 Å². The third kappa shape index (κ3) is 6.74. The number of carbonyl (C=O) groups is 3. The van der Waals surface area contributed by atoms with Crippen molar-refractivity contribution in [3.63, 3.8) is 0 Å². The van der Waals surface area contributed by atoms with Gasteiger partial charge in [-0.2, -0.15) is 4.37 Å². The Bertz CT molecular complexity index is 1060. The molecule has 12 heteroatoms. The second kappa shape index (κ2) is 11.1. The number of ether oxygens (including phenoxy) is 1. The summed E-state index contributed by atoms with van der Waals surface area (Å²) in [5.74, 6) is -2.32. The monoisotopic (exact) mass is 506 g/mol. The number of halogens is 1. The molecular weight excluding hydrogens is 475 g/mol. The van der Waals surface area contributed by atoms with Gasteiger partial charge in [0.1, 0.15) is 16.7 Å². The zero-order valence-corrected chi connectivity index (χ0v) is 20.9. The molecule has 1 fully saturated rings. The van der Waals surface area contributed by atoms with E-state index >= 15 is 0 Å². The van der Waals surface area contributed by atoms with Crippen LogP contribution in [0.15, 0.2) is 24.3 Å². The number of anilines is 1. The lowest BCUT2D eigenvalue weighted by molar-refractivity contribution is -0.127. The molecule has 2 aromatic rings. The van der Waals surface area contributed by atoms with Crippen molar-refractivity contribution >= 4 is 34.9 Å². The summed E-state index contributed by atoms with van der Waals surface area (Å²) >= 11 is 0.750. The van der Waals surface area contributed by atoms with Crippen LogP contribution < -0.4 is 16.8 Å². The summed E-state index contributed by atoms with van der Waals surface area (Å²) in [6, 6.07) is 4.35. The van der Waals surface area contributed by atoms with Gasteiger partial charge in [-0.1, -0.05) is 12.1 Å². The highest BCUT2D eigenvalue weighted by molar-refractivity contribution is 7.09. The first-order chi connectivity index (χ1) is 16.5. The Balaban J connectivity index is 2.03. The lowest BCUT2D eigenvalue weighted by atomic mass is 10.0. The summed E-state index contributed by atoms with van der Waals surface area (Å²) in [6.45, 7) is 8.64. The number of nitrogen functional groups attached to an aromatic ring is 1. The van der Waals surface area contributed by atoms with Gasteiger partial charge < -0.3 is 26.4 Å². The highest BCUT2D eigenvalue weighted by Gasteiger charge is 2.36. The van der Waals surface area contributed by atoms with Crippen LogP contribution >= 0.6 is 11.5 Å². The predicted octanol–water partition coefficient (Wildman–Crippen LogP) is 1.39. The van der Waals surface area contributed by atoms with Gasteiger partial charge in [-0.3, -0.25) is 19.3 Å². The van der Waals surface area contributed by atoms with Crippen molar-refractivity contribution in [3.05, 3.63) is 46.2 Å². The molecule has 1 aromatic carbocycles. The van der Waals surface area contributed by atoms with Gasteiger partial charge in [-0.25, -0.2) is 4.39 Å². The standard InChI is InChI=1S/C23H31FN6O4S/c1-23(2,3)27-21(32)18(14-4-6-15(24)7-5-14)30(9-8-29-10-12-34-13-11-29)22(33)19-16(25)17(20(26)31)28-35-19/h4-7,18H,8-13,25H2,1-3H3,(H2,26,31)(H,27,32). The largest absolute Gasteiger partial charge is 0.395 e. The zero-order valence-electron chi connectivity index (χ0n) is 20.0. The molecule has 190 valence electrons. The molecule has 1 aromatic heterocycles. The van der Waals surface area contributed by atoms with Gasteiger partial charge in [0.25, 0.3) is 11.8 Å². The smallest absolute Gasteiger partial charge is 0.270 e. The normalized spacial score (nSPS) is 15.4. The van der Waals surface area contributed by atoms with E-state index in [0.29, 0.717) is 38.4 Å². The van der Waals surface area contributed by atoms with E-state index in [1.54, 1.807) is 0 Å². The van der Waals surface area contributed by atoms with E-state index in [0.717, 1.165) is 11.5 Å². The fraction of sp³-hybridized carbons (Fsp3) is 0.478. The van der Waals surface area contributed by atoms with Crippen molar-refractivity contribution in [2.24, 2.45) is 5.73 Å². The summed E-state index contributed by atoms with van der Waals surface area (Å²) in [5, 5.41) is 2.92. The summed E-state index contributed by atoms with van der Waals surface area (Å²) in [4.78, 5) is 42.5. The third-order valence-corrected chi connectivity index (χ3v) is 6.27. The second-order valence-electron chi connectivity index (χ2n) is 9.28.